The molecular weight excluding hydrogens is 509 g/mol. The van der Waals surface area contributed by atoms with E-state index in [4.69, 9.17) is 10.00 Å². The van der Waals surface area contributed by atoms with E-state index in [-0.39, 0.29) is 35.1 Å². The number of ether oxygens (including phenoxy) is 1. The number of nitriles is 1. The molecule has 0 heterocycles. The predicted octanol–water partition coefficient (Wildman–Crippen LogP) is 9.21. The number of nitrogens with zero attached hydrogens (tertiary/aromatic N) is 1. The number of hydrogen-bond acceptors (Lipinski definition) is 2. The van der Waals surface area contributed by atoms with E-state index in [0.717, 1.165) is 56.4 Å². The molecule has 0 spiro atoms. The monoisotopic (exact) mass is 537 g/mol. The molecule has 39 heavy (non-hydrogen) atoms. The molecule has 0 unspecified atom stereocenters. The Morgan fingerprint density at radius 3 is 2.10 bits per heavy atom. The zero-order valence-electron chi connectivity index (χ0n) is 21.6. The first-order valence-electron chi connectivity index (χ1n) is 13.0. The van der Waals surface area contributed by atoms with Crippen LogP contribution in [0.25, 0.3) is 21.9 Å². The normalized spacial score (nSPS) is 11.1. The number of hydrogen-bond donors (Lipinski definition) is 0. The number of unbranched alkanes of at least 4 members (excludes halogenated alkanes) is 4. The van der Waals surface area contributed by atoms with Crippen LogP contribution in [0.3, 0.4) is 0 Å². The minimum Gasteiger partial charge on any atom is -0.493 e. The van der Waals surface area contributed by atoms with E-state index in [2.05, 4.69) is 6.92 Å². The lowest BCUT2D eigenvalue weighted by molar-refractivity contribution is 0.301. The van der Waals surface area contributed by atoms with Crippen molar-refractivity contribution in [2.75, 3.05) is 6.61 Å². The Labute approximate surface area is 224 Å². The molecule has 4 aromatic rings. The highest BCUT2D eigenvalue weighted by molar-refractivity contribution is 5.88. The molecule has 0 fully saturated rings. The third-order valence-corrected chi connectivity index (χ3v) is 6.75. The van der Waals surface area contributed by atoms with Crippen molar-refractivity contribution in [2.45, 2.75) is 51.9 Å². The molecule has 0 amide bonds. The van der Waals surface area contributed by atoms with Crippen LogP contribution in [-0.2, 0) is 12.8 Å². The fraction of sp³-hybridized carbons (Fsp3) is 0.281. The zero-order valence-corrected chi connectivity index (χ0v) is 21.6. The average Bonchev–Trinajstić information content (AvgIpc) is 2.90. The maximum absolute atomic E-state index is 15.3. The quantitative estimate of drug-likeness (QED) is 0.141. The summed E-state index contributed by atoms with van der Waals surface area (Å²) < 4.78 is 78.4. The molecular formula is C32H28F5NO. The van der Waals surface area contributed by atoms with Gasteiger partial charge in [-0.25, -0.2) is 22.0 Å². The summed E-state index contributed by atoms with van der Waals surface area (Å²) in [6.07, 6.45) is 5.51. The summed E-state index contributed by atoms with van der Waals surface area (Å²) in [5.41, 5.74) is 0.0165. The maximum atomic E-state index is 15.3. The van der Waals surface area contributed by atoms with Crippen LogP contribution >= 0.6 is 0 Å². The fourth-order valence-electron chi connectivity index (χ4n) is 4.65. The van der Waals surface area contributed by atoms with Crippen molar-refractivity contribution in [3.05, 3.63) is 100 Å². The van der Waals surface area contributed by atoms with Crippen molar-refractivity contribution in [3.63, 3.8) is 0 Å². The van der Waals surface area contributed by atoms with Gasteiger partial charge in [0.15, 0.2) is 0 Å². The second-order valence-corrected chi connectivity index (χ2v) is 9.55. The van der Waals surface area contributed by atoms with Gasteiger partial charge in [0.1, 0.15) is 46.5 Å². The Morgan fingerprint density at radius 1 is 0.744 bits per heavy atom. The van der Waals surface area contributed by atoms with Gasteiger partial charge < -0.3 is 4.74 Å². The van der Waals surface area contributed by atoms with Gasteiger partial charge in [-0.15, -0.1) is 0 Å². The molecule has 7 heteroatoms. The average molecular weight is 538 g/mol. The number of aryl methyl sites for hydroxylation is 2. The molecule has 0 radical (unpaired) electrons. The van der Waals surface area contributed by atoms with Crippen LogP contribution in [0.15, 0.2) is 54.6 Å². The van der Waals surface area contributed by atoms with Gasteiger partial charge in [-0.05, 0) is 59.5 Å². The van der Waals surface area contributed by atoms with Crippen molar-refractivity contribution in [2.24, 2.45) is 0 Å². The highest BCUT2D eigenvalue weighted by Gasteiger charge is 2.17. The van der Waals surface area contributed by atoms with Gasteiger partial charge in [-0.2, -0.15) is 5.26 Å². The minimum atomic E-state index is -0.958. The molecule has 4 rings (SSSR count). The smallest absolute Gasteiger partial charge is 0.144 e. The molecule has 0 aliphatic heterocycles. The number of fused-ring (bicyclic) bond motifs is 1. The molecule has 0 aromatic heterocycles. The molecule has 0 aliphatic rings. The molecule has 202 valence electrons. The summed E-state index contributed by atoms with van der Waals surface area (Å²) in [5.74, 6) is -3.84. The van der Waals surface area contributed by atoms with Crippen LogP contribution in [0.1, 0.15) is 55.7 Å². The Bertz CT molecular complexity index is 1480. The summed E-state index contributed by atoms with van der Waals surface area (Å²) in [5, 5.41) is 9.52. The molecule has 0 saturated heterocycles. The number of benzene rings is 4. The predicted molar refractivity (Wildman–Crippen MR) is 142 cm³/mol. The van der Waals surface area contributed by atoms with E-state index in [1.807, 2.05) is 0 Å². The fourth-order valence-corrected chi connectivity index (χ4v) is 4.65. The molecule has 0 aliphatic carbocycles. The highest BCUT2D eigenvalue weighted by Crippen LogP contribution is 2.33. The first-order valence-corrected chi connectivity index (χ1v) is 13.0. The molecule has 0 bridgehead atoms. The van der Waals surface area contributed by atoms with Gasteiger partial charge >= 0.3 is 0 Å². The summed E-state index contributed by atoms with van der Waals surface area (Å²) in [6.45, 7) is 2.51. The van der Waals surface area contributed by atoms with Gasteiger partial charge in [0.05, 0.1) is 12.2 Å². The first kappa shape index (κ1) is 28.1. The van der Waals surface area contributed by atoms with Gasteiger partial charge in [0.2, 0.25) is 0 Å². The summed E-state index contributed by atoms with van der Waals surface area (Å²) in [4.78, 5) is 0. The van der Waals surface area contributed by atoms with E-state index in [1.165, 1.54) is 24.3 Å². The van der Waals surface area contributed by atoms with Gasteiger partial charge in [0, 0.05) is 17.5 Å². The lowest BCUT2D eigenvalue weighted by Crippen LogP contribution is -2.00. The van der Waals surface area contributed by atoms with Crippen molar-refractivity contribution < 1.29 is 26.7 Å². The topological polar surface area (TPSA) is 33.0 Å². The Hall–Kier alpha value is -3.92. The van der Waals surface area contributed by atoms with E-state index < -0.39 is 34.6 Å². The van der Waals surface area contributed by atoms with Crippen LogP contribution in [-0.4, -0.2) is 6.61 Å². The largest absolute Gasteiger partial charge is 0.493 e. The minimum absolute atomic E-state index is 0.128. The van der Waals surface area contributed by atoms with Crippen molar-refractivity contribution in [1.82, 2.24) is 0 Å². The van der Waals surface area contributed by atoms with E-state index in [1.54, 1.807) is 12.1 Å². The summed E-state index contributed by atoms with van der Waals surface area (Å²) >= 11 is 0. The van der Waals surface area contributed by atoms with Crippen molar-refractivity contribution in [1.29, 1.82) is 5.26 Å². The van der Waals surface area contributed by atoms with Gasteiger partial charge in [-0.3, -0.25) is 0 Å². The summed E-state index contributed by atoms with van der Waals surface area (Å²) in [6, 6.07) is 13.6. The van der Waals surface area contributed by atoms with Gasteiger partial charge in [0.25, 0.3) is 0 Å². The zero-order chi connectivity index (χ0) is 27.9. The van der Waals surface area contributed by atoms with E-state index in [0.29, 0.717) is 23.1 Å². The highest BCUT2D eigenvalue weighted by atomic mass is 19.1. The molecule has 0 N–H and O–H groups in total. The van der Waals surface area contributed by atoms with Crippen LogP contribution < -0.4 is 4.74 Å². The standard InChI is InChI=1S/C32H28F5NO/c1-2-3-4-5-6-13-39-24-17-29(35)31(30(36)18-24)23-11-12-25-22(16-23)10-9-21(32(25)37)8-7-20-14-27(33)26(19-38)28(34)15-20/h9-12,14-18H,2-8,13H2,1H3. The van der Waals surface area contributed by atoms with Crippen LogP contribution in [0.4, 0.5) is 22.0 Å². The molecule has 2 nitrogen and oxygen atoms in total. The molecule has 0 atom stereocenters. The third kappa shape index (κ3) is 6.57. The Balaban J connectivity index is 1.50. The second kappa shape index (κ2) is 12.8. The van der Waals surface area contributed by atoms with Crippen LogP contribution in [0.5, 0.6) is 5.75 Å². The van der Waals surface area contributed by atoms with Crippen LogP contribution in [0.2, 0.25) is 0 Å². The lowest BCUT2D eigenvalue weighted by Gasteiger charge is -2.12. The lowest BCUT2D eigenvalue weighted by atomic mass is 9.96. The van der Waals surface area contributed by atoms with E-state index >= 15 is 4.39 Å². The SMILES string of the molecule is CCCCCCCOc1cc(F)c(-c2ccc3c(F)c(CCc4cc(F)c(C#N)c(F)c4)ccc3c2)c(F)c1. The number of rotatable bonds is 11. The van der Waals surface area contributed by atoms with Gasteiger partial charge in [-0.1, -0.05) is 56.9 Å². The second-order valence-electron chi connectivity index (χ2n) is 9.55. The number of halogens is 5. The first-order chi connectivity index (χ1) is 18.8. The molecule has 0 saturated carbocycles. The summed E-state index contributed by atoms with van der Waals surface area (Å²) in [7, 11) is 0. The third-order valence-electron chi connectivity index (χ3n) is 6.75. The van der Waals surface area contributed by atoms with E-state index in [9.17, 15) is 17.6 Å². The molecule has 4 aromatic carbocycles. The van der Waals surface area contributed by atoms with Crippen molar-refractivity contribution >= 4 is 10.8 Å². The maximum Gasteiger partial charge on any atom is 0.144 e. The van der Waals surface area contributed by atoms with Crippen LogP contribution in [0, 0.1) is 40.4 Å². The Morgan fingerprint density at radius 2 is 1.44 bits per heavy atom. The van der Waals surface area contributed by atoms with Crippen molar-refractivity contribution in [3.8, 4) is 22.9 Å². The Kier molecular flexibility index (Phi) is 9.19.